The molecule has 0 fully saturated rings. The van der Waals surface area contributed by atoms with Crippen molar-refractivity contribution in [2.24, 2.45) is 0 Å². The highest BCUT2D eigenvalue weighted by Crippen LogP contribution is 2.30. The summed E-state index contributed by atoms with van der Waals surface area (Å²) < 4.78 is 36.1. The monoisotopic (exact) mass is 455 g/mol. The van der Waals surface area contributed by atoms with Gasteiger partial charge in [-0.05, 0) is 73.7 Å². The van der Waals surface area contributed by atoms with Gasteiger partial charge in [-0.15, -0.1) is 0 Å². The maximum absolute atomic E-state index is 12.6. The number of anilines is 1. The number of ketones is 1. The number of fused-ring (bicyclic) bond motifs is 2. The molecule has 2 heterocycles. The highest BCUT2D eigenvalue weighted by atomic mass is 32.2. The summed E-state index contributed by atoms with van der Waals surface area (Å²) in [5.74, 6) is -0.846. The van der Waals surface area contributed by atoms with E-state index in [-0.39, 0.29) is 18.8 Å². The van der Waals surface area contributed by atoms with Gasteiger partial charge in [0, 0.05) is 23.1 Å². The Bertz CT molecular complexity index is 1320. The fraction of sp³-hybridized carbons (Fsp3) is 0.333. The van der Waals surface area contributed by atoms with E-state index in [4.69, 9.17) is 9.15 Å². The highest BCUT2D eigenvalue weighted by Gasteiger charge is 2.25. The molecule has 8 heteroatoms. The van der Waals surface area contributed by atoms with Gasteiger partial charge in [-0.25, -0.2) is 8.42 Å². The van der Waals surface area contributed by atoms with Gasteiger partial charge in [0.1, 0.15) is 5.58 Å². The van der Waals surface area contributed by atoms with Crippen LogP contribution in [0.15, 0.2) is 41.0 Å². The van der Waals surface area contributed by atoms with Crippen molar-refractivity contribution < 1.29 is 27.2 Å². The Morgan fingerprint density at radius 3 is 2.62 bits per heavy atom. The van der Waals surface area contributed by atoms with E-state index in [1.807, 2.05) is 26.0 Å². The Hall–Kier alpha value is -3.13. The summed E-state index contributed by atoms with van der Waals surface area (Å²) in [6, 6.07) is 8.83. The van der Waals surface area contributed by atoms with E-state index in [1.165, 1.54) is 10.6 Å². The quantitative estimate of drug-likeness (QED) is 0.415. The van der Waals surface area contributed by atoms with Crippen LogP contribution in [0.5, 0.6) is 0 Å². The van der Waals surface area contributed by atoms with Crippen molar-refractivity contribution in [2.75, 3.05) is 23.7 Å². The Morgan fingerprint density at radius 2 is 1.88 bits per heavy atom. The molecule has 0 atom stereocenters. The number of hydrogen-bond donors (Lipinski definition) is 0. The summed E-state index contributed by atoms with van der Waals surface area (Å²) in [5.41, 5.74) is 5.44. The van der Waals surface area contributed by atoms with Crippen LogP contribution in [-0.4, -0.2) is 39.6 Å². The topological polar surface area (TPSA) is 93.9 Å². The standard InChI is InChI=1S/C24H25NO6S/c1-15-9-20-19(13-30-23(20)10-16(15)2)12-24(27)31-14-22(26)18-6-7-21-17(11-18)5-4-8-25(21)32(3,28)29/h6-7,9-11,13H,4-5,8,12,14H2,1-3H3. The Balaban J connectivity index is 1.42. The average Bonchev–Trinajstić information content (AvgIpc) is 3.12. The number of esters is 1. The first-order valence-corrected chi connectivity index (χ1v) is 12.2. The first kappa shape index (κ1) is 22.1. The Morgan fingerprint density at radius 1 is 1.12 bits per heavy atom. The van der Waals surface area contributed by atoms with Crippen LogP contribution < -0.4 is 4.31 Å². The molecular weight excluding hydrogens is 430 g/mol. The molecule has 1 aliphatic heterocycles. The van der Waals surface area contributed by atoms with Crippen LogP contribution in [0, 0.1) is 13.8 Å². The SMILES string of the molecule is Cc1cc2occ(CC(=O)OCC(=O)c3ccc4c(c3)CCCN4S(C)(=O)=O)c2cc1C. The van der Waals surface area contributed by atoms with E-state index in [1.54, 1.807) is 24.5 Å². The van der Waals surface area contributed by atoms with Gasteiger partial charge in [0.2, 0.25) is 10.0 Å². The van der Waals surface area contributed by atoms with E-state index in [0.29, 0.717) is 36.2 Å². The van der Waals surface area contributed by atoms with Crippen LogP contribution in [0.3, 0.4) is 0 Å². The predicted octanol–water partition coefficient (Wildman–Crippen LogP) is 3.73. The average molecular weight is 456 g/mol. The maximum atomic E-state index is 12.6. The van der Waals surface area contributed by atoms with Gasteiger partial charge in [0.25, 0.3) is 0 Å². The van der Waals surface area contributed by atoms with Crippen molar-refractivity contribution in [3.05, 3.63) is 64.4 Å². The molecule has 0 saturated heterocycles. The predicted molar refractivity (Wildman–Crippen MR) is 122 cm³/mol. The number of sulfonamides is 1. The zero-order valence-corrected chi connectivity index (χ0v) is 19.1. The molecule has 168 valence electrons. The number of rotatable bonds is 6. The van der Waals surface area contributed by atoms with Crippen molar-refractivity contribution in [3.63, 3.8) is 0 Å². The normalized spacial score (nSPS) is 13.8. The van der Waals surface area contributed by atoms with E-state index in [0.717, 1.165) is 27.6 Å². The highest BCUT2D eigenvalue weighted by molar-refractivity contribution is 7.92. The Kier molecular flexibility index (Phi) is 5.81. The van der Waals surface area contributed by atoms with Gasteiger partial charge >= 0.3 is 5.97 Å². The molecule has 0 N–H and O–H groups in total. The van der Waals surface area contributed by atoms with Crippen molar-refractivity contribution in [1.29, 1.82) is 0 Å². The van der Waals surface area contributed by atoms with Crippen LogP contribution in [0.4, 0.5) is 5.69 Å². The van der Waals surface area contributed by atoms with Gasteiger partial charge in [-0.1, -0.05) is 0 Å². The second-order valence-corrected chi connectivity index (χ2v) is 10.1. The molecule has 0 spiro atoms. The van der Waals surface area contributed by atoms with Gasteiger partial charge in [-0.3, -0.25) is 13.9 Å². The molecule has 1 aliphatic rings. The van der Waals surface area contributed by atoms with Gasteiger partial charge < -0.3 is 9.15 Å². The zero-order valence-electron chi connectivity index (χ0n) is 18.3. The van der Waals surface area contributed by atoms with Crippen molar-refractivity contribution in [2.45, 2.75) is 33.1 Å². The number of carbonyl (C=O) groups excluding carboxylic acids is 2. The first-order chi connectivity index (χ1) is 15.1. The molecule has 7 nitrogen and oxygen atoms in total. The molecule has 0 bridgehead atoms. The lowest BCUT2D eigenvalue weighted by Crippen LogP contribution is -2.34. The lowest BCUT2D eigenvalue weighted by Gasteiger charge is -2.29. The number of aryl methyl sites for hydroxylation is 3. The number of carbonyl (C=O) groups is 2. The molecule has 4 rings (SSSR count). The molecule has 2 aromatic carbocycles. The fourth-order valence-corrected chi connectivity index (χ4v) is 4.99. The smallest absolute Gasteiger partial charge is 0.310 e. The lowest BCUT2D eigenvalue weighted by atomic mass is 9.99. The molecule has 0 saturated carbocycles. The lowest BCUT2D eigenvalue weighted by molar-refractivity contribution is -0.141. The van der Waals surface area contributed by atoms with Crippen LogP contribution in [0.25, 0.3) is 11.0 Å². The summed E-state index contributed by atoms with van der Waals surface area (Å²) in [5, 5.41) is 0.862. The zero-order chi connectivity index (χ0) is 23.0. The molecule has 32 heavy (non-hydrogen) atoms. The summed E-state index contributed by atoms with van der Waals surface area (Å²) in [6.45, 7) is 4.05. The van der Waals surface area contributed by atoms with Crippen LogP contribution in [-0.2, 0) is 32.4 Å². The third-order valence-corrected chi connectivity index (χ3v) is 7.03. The number of nitrogens with zero attached hydrogens (tertiary/aromatic N) is 1. The molecule has 3 aromatic rings. The van der Waals surface area contributed by atoms with Crippen molar-refractivity contribution >= 4 is 38.4 Å². The summed E-state index contributed by atoms with van der Waals surface area (Å²) >= 11 is 0. The van der Waals surface area contributed by atoms with Crippen LogP contribution >= 0.6 is 0 Å². The maximum Gasteiger partial charge on any atom is 0.310 e. The van der Waals surface area contributed by atoms with Crippen LogP contribution in [0.2, 0.25) is 0 Å². The summed E-state index contributed by atoms with van der Waals surface area (Å²) in [4.78, 5) is 24.9. The number of benzene rings is 2. The third kappa shape index (κ3) is 4.41. The van der Waals surface area contributed by atoms with Gasteiger partial charge in [0.05, 0.1) is 24.6 Å². The molecule has 0 unspecified atom stereocenters. The second-order valence-electron chi connectivity index (χ2n) is 8.24. The van der Waals surface area contributed by atoms with Gasteiger partial charge in [0.15, 0.2) is 12.4 Å². The van der Waals surface area contributed by atoms with E-state index in [2.05, 4.69) is 0 Å². The van der Waals surface area contributed by atoms with Crippen molar-refractivity contribution in [1.82, 2.24) is 0 Å². The third-order valence-electron chi connectivity index (χ3n) is 5.85. The summed E-state index contributed by atoms with van der Waals surface area (Å²) in [6.07, 6.45) is 4.10. The van der Waals surface area contributed by atoms with Crippen LogP contribution in [0.1, 0.15) is 39.0 Å². The second kappa shape index (κ2) is 8.43. The minimum absolute atomic E-state index is 0.0102. The largest absolute Gasteiger partial charge is 0.464 e. The number of hydrogen-bond acceptors (Lipinski definition) is 6. The van der Waals surface area contributed by atoms with E-state index < -0.39 is 16.0 Å². The number of furan rings is 1. The minimum atomic E-state index is -3.37. The number of ether oxygens (including phenoxy) is 1. The first-order valence-electron chi connectivity index (χ1n) is 10.4. The molecule has 0 radical (unpaired) electrons. The van der Waals surface area contributed by atoms with E-state index in [9.17, 15) is 18.0 Å². The molecular formula is C24H25NO6S. The Labute approximate surface area is 187 Å². The minimum Gasteiger partial charge on any atom is -0.464 e. The molecule has 0 aliphatic carbocycles. The molecule has 1 aromatic heterocycles. The summed E-state index contributed by atoms with van der Waals surface area (Å²) in [7, 11) is -3.37. The van der Waals surface area contributed by atoms with Crippen molar-refractivity contribution in [3.8, 4) is 0 Å². The fourth-order valence-electron chi connectivity index (χ4n) is 3.99. The van der Waals surface area contributed by atoms with E-state index >= 15 is 0 Å². The van der Waals surface area contributed by atoms with Gasteiger partial charge in [-0.2, -0.15) is 0 Å². The number of Topliss-reactive ketones (excluding diaryl/α,β-unsaturated/α-hetero) is 1. The molecule has 0 amide bonds.